The van der Waals surface area contributed by atoms with Gasteiger partial charge in [-0.25, -0.2) is 0 Å². The first-order chi connectivity index (χ1) is 7.77. The van der Waals surface area contributed by atoms with Gasteiger partial charge in [-0.3, -0.25) is 9.69 Å². The van der Waals surface area contributed by atoms with Gasteiger partial charge in [0.1, 0.15) is 0 Å². The highest BCUT2D eigenvalue weighted by atomic mass is 16.4. The van der Waals surface area contributed by atoms with Crippen LogP contribution >= 0.6 is 0 Å². The predicted molar refractivity (Wildman–Crippen MR) is 61.2 cm³/mol. The predicted octanol–water partition coefficient (Wildman–Crippen LogP) is 2.03. The van der Waals surface area contributed by atoms with Crippen molar-refractivity contribution < 1.29 is 9.90 Å². The number of carboxylic acids is 1. The van der Waals surface area contributed by atoms with Crippen molar-refractivity contribution in [3.05, 3.63) is 12.2 Å². The van der Waals surface area contributed by atoms with Gasteiger partial charge in [0.2, 0.25) is 0 Å². The van der Waals surface area contributed by atoms with E-state index in [0.717, 1.165) is 12.8 Å². The normalized spacial score (nSPS) is 42.8. The lowest BCUT2D eigenvalue weighted by molar-refractivity contribution is -0.142. The number of carbonyl (C=O) groups is 1. The third-order valence-electron chi connectivity index (χ3n) is 4.52. The minimum atomic E-state index is -0.586. The summed E-state index contributed by atoms with van der Waals surface area (Å²) in [4.78, 5) is 13.7. The van der Waals surface area contributed by atoms with Crippen molar-refractivity contribution in [2.75, 3.05) is 0 Å². The highest BCUT2D eigenvalue weighted by Gasteiger charge is 2.50. The molecule has 0 spiro atoms. The Morgan fingerprint density at radius 3 is 2.81 bits per heavy atom. The molecule has 2 heterocycles. The van der Waals surface area contributed by atoms with E-state index in [2.05, 4.69) is 17.1 Å². The number of allylic oxidation sites excluding steroid dienone is 1. The summed E-state index contributed by atoms with van der Waals surface area (Å²) in [6.45, 7) is 0. The summed E-state index contributed by atoms with van der Waals surface area (Å²) in [5, 5.41) is 9.21. The molecule has 3 heteroatoms. The molecule has 1 N–H and O–H groups in total. The topological polar surface area (TPSA) is 40.5 Å². The summed E-state index contributed by atoms with van der Waals surface area (Å²) in [5.74, 6) is -0.689. The maximum atomic E-state index is 11.2. The Labute approximate surface area is 96.1 Å². The first-order valence-corrected chi connectivity index (χ1v) is 6.44. The van der Waals surface area contributed by atoms with Crippen molar-refractivity contribution in [3.8, 4) is 0 Å². The van der Waals surface area contributed by atoms with Crippen LogP contribution in [0.15, 0.2) is 12.2 Å². The van der Waals surface area contributed by atoms with Crippen LogP contribution in [0.25, 0.3) is 0 Å². The smallest absolute Gasteiger partial charge is 0.308 e. The summed E-state index contributed by atoms with van der Waals surface area (Å²) in [7, 11) is 0. The van der Waals surface area contributed by atoms with E-state index in [-0.39, 0.29) is 5.92 Å². The Kier molecular flexibility index (Phi) is 2.51. The van der Waals surface area contributed by atoms with Crippen LogP contribution in [-0.2, 0) is 4.79 Å². The molecule has 2 fully saturated rings. The average molecular weight is 221 g/mol. The van der Waals surface area contributed by atoms with Gasteiger partial charge in [-0.1, -0.05) is 12.2 Å². The standard InChI is InChI=1S/C13H19NO2/c15-13(16)11-8-10-6-7-12(11)14(10)9-4-2-1-3-5-9/h2,4,9-12H,1,3,5-8H2,(H,15,16). The molecule has 0 aromatic carbocycles. The first-order valence-electron chi connectivity index (χ1n) is 6.44. The molecule has 3 aliphatic rings. The van der Waals surface area contributed by atoms with Gasteiger partial charge in [0.25, 0.3) is 0 Å². The second kappa shape index (κ2) is 3.88. The molecule has 0 aromatic rings. The Morgan fingerprint density at radius 1 is 1.31 bits per heavy atom. The van der Waals surface area contributed by atoms with Crippen molar-refractivity contribution in [2.24, 2.45) is 5.92 Å². The summed E-state index contributed by atoms with van der Waals surface area (Å²) < 4.78 is 0. The van der Waals surface area contributed by atoms with Crippen LogP contribution in [0, 0.1) is 5.92 Å². The Morgan fingerprint density at radius 2 is 2.19 bits per heavy atom. The minimum absolute atomic E-state index is 0.103. The van der Waals surface area contributed by atoms with Crippen LogP contribution in [0.4, 0.5) is 0 Å². The molecule has 0 saturated carbocycles. The fraction of sp³-hybridized carbons (Fsp3) is 0.769. The zero-order valence-corrected chi connectivity index (χ0v) is 9.51. The van der Waals surface area contributed by atoms with E-state index >= 15 is 0 Å². The molecule has 0 radical (unpaired) electrons. The molecule has 88 valence electrons. The van der Waals surface area contributed by atoms with Crippen molar-refractivity contribution in [1.29, 1.82) is 0 Å². The first kappa shape index (κ1) is 10.3. The molecule has 0 amide bonds. The van der Waals surface area contributed by atoms with E-state index in [9.17, 15) is 9.90 Å². The summed E-state index contributed by atoms with van der Waals surface area (Å²) in [5.41, 5.74) is 0. The Bertz CT molecular complexity index is 326. The van der Waals surface area contributed by atoms with Gasteiger partial charge in [-0.05, 0) is 38.5 Å². The lowest BCUT2D eigenvalue weighted by atomic mass is 9.89. The number of hydrogen-bond acceptors (Lipinski definition) is 2. The zero-order valence-electron chi connectivity index (χ0n) is 9.51. The van der Waals surface area contributed by atoms with E-state index in [1.807, 2.05) is 0 Å². The zero-order chi connectivity index (χ0) is 11.1. The second-order valence-corrected chi connectivity index (χ2v) is 5.35. The summed E-state index contributed by atoms with van der Waals surface area (Å²) in [6, 6.07) is 1.38. The van der Waals surface area contributed by atoms with Crippen LogP contribution in [0.3, 0.4) is 0 Å². The summed E-state index contributed by atoms with van der Waals surface area (Å²) >= 11 is 0. The maximum absolute atomic E-state index is 11.2. The Balaban J connectivity index is 1.79. The second-order valence-electron chi connectivity index (χ2n) is 5.35. The van der Waals surface area contributed by atoms with E-state index in [4.69, 9.17) is 0 Å². The van der Waals surface area contributed by atoms with Gasteiger partial charge in [0, 0.05) is 18.1 Å². The molecule has 3 rings (SSSR count). The van der Waals surface area contributed by atoms with Crippen molar-refractivity contribution in [1.82, 2.24) is 4.90 Å². The molecule has 0 aromatic heterocycles. The van der Waals surface area contributed by atoms with Crippen LogP contribution in [0.2, 0.25) is 0 Å². The van der Waals surface area contributed by atoms with E-state index in [1.165, 1.54) is 25.7 Å². The third kappa shape index (κ3) is 1.49. The molecule has 2 aliphatic heterocycles. The van der Waals surface area contributed by atoms with Gasteiger partial charge >= 0.3 is 5.97 Å². The number of hydrogen-bond donors (Lipinski definition) is 1. The Hall–Kier alpha value is -0.830. The summed E-state index contributed by atoms with van der Waals surface area (Å²) in [6.07, 6.45) is 11.4. The quantitative estimate of drug-likeness (QED) is 0.725. The van der Waals surface area contributed by atoms with E-state index in [0.29, 0.717) is 18.1 Å². The average Bonchev–Trinajstić information content (AvgIpc) is 2.87. The fourth-order valence-corrected chi connectivity index (χ4v) is 3.86. The van der Waals surface area contributed by atoms with Gasteiger partial charge in [-0.15, -0.1) is 0 Å². The largest absolute Gasteiger partial charge is 0.481 e. The van der Waals surface area contributed by atoms with Gasteiger partial charge in [-0.2, -0.15) is 0 Å². The molecule has 1 aliphatic carbocycles. The molecular weight excluding hydrogens is 202 g/mol. The third-order valence-corrected chi connectivity index (χ3v) is 4.52. The van der Waals surface area contributed by atoms with Crippen LogP contribution < -0.4 is 0 Å². The van der Waals surface area contributed by atoms with Gasteiger partial charge in [0.05, 0.1) is 5.92 Å². The lowest BCUT2D eigenvalue weighted by Crippen LogP contribution is -2.40. The van der Waals surface area contributed by atoms with Crippen molar-refractivity contribution in [2.45, 2.75) is 56.7 Å². The van der Waals surface area contributed by atoms with Gasteiger partial charge < -0.3 is 5.11 Å². The highest BCUT2D eigenvalue weighted by molar-refractivity contribution is 5.71. The van der Waals surface area contributed by atoms with Crippen molar-refractivity contribution >= 4 is 5.97 Å². The molecule has 3 nitrogen and oxygen atoms in total. The van der Waals surface area contributed by atoms with Gasteiger partial charge in [0.15, 0.2) is 0 Å². The van der Waals surface area contributed by atoms with Crippen LogP contribution in [0.5, 0.6) is 0 Å². The molecule has 2 bridgehead atoms. The number of aliphatic carboxylic acids is 1. The number of rotatable bonds is 2. The molecule has 4 unspecified atom stereocenters. The number of nitrogens with zero attached hydrogens (tertiary/aromatic N) is 1. The molecular formula is C13H19NO2. The van der Waals surface area contributed by atoms with Crippen LogP contribution in [0.1, 0.15) is 38.5 Å². The van der Waals surface area contributed by atoms with E-state index in [1.54, 1.807) is 0 Å². The van der Waals surface area contributed by atoms with Crippen molar-refractivity contribution in [3.63, 3.8) is 0 Å². The van der Waals surface area contributed by atoms with Crippen LogP contribution in [-0.4, -0.2) is 34.1 Å². The fourth-order valence-electron chi connectivity index (χ4n) is 3.86. The monoisotopic (exact) mass is 221 g/mol. The lowest BCUT2D eigenvalue weighted by Gasteiger charge is -2.32. The number of fused-ring (bicyclic) bond motifs is 2. The molecule has 2 saturated heterocycles. The van der Waals surface area contributed by atoms with E-state index < -0.39 is 5.97 Å². The minimum Gasteiger partial charge on any atom is -0.481 e. The highest BCUT2D eigenvalue weighted by Crippen LogP contribution is 2.44. The maximum Gasteiger partial charge on any atom is 0.308 e. The molecule has 16 heavy (non-hydrogen) atoms. The SMILES string of the molecule is O=C(O)C1CC2CCC1N2C1C=CCCC1. The number of carboxylic acid groups (broad SMARTS) is 1. The molecule has 4 atom stereocenters.